The van der Waals surface area contributed by atoms with E-state index in [0.29, 0.717) is 18.5 Å². The molecule has 1 amide bonds. The highest BCUT2D eigenvalue weighted by Gasteiger charge is 2.26. The number of nitrogens with zero attached hydrogens (tertiary/aromatic N) is 2. The highest BCUT2D eigenvalue weighted by molar-refractivity contribution is 7.88. The van der Waals surface area contributed by atoms with Crippen molar-refractivity contribution >= 4 is 21.6 Å². The van der Waals surface area contributed by atoms with E-state index in [9.17, 15) is 23.3 Å². The fraction of sp³-hybridized carbons (Fsp3) is 0.417. The van der Waals surface area contributed by atoms with Crippen molar-refractivity contribution < 1.29 is 18.1 Å². The Morgan fingerprint density at radius 1 is 1.29 bits per heavy atom. The molecular formula is C12H15N3O5S. The maximum atomic E-state index is 12.3. The quantitative estimate of drug-likeness (QED) is 0.633. The monoisotopic (exact) mass is 313 g/mol. The van der Waals surface area contributed by atoms with Crippen LogP contribution < -0.4 is 5.32 Å². The lowest BCUT2D eigenvalue weighted by molar-refractivity contribution is -0.384. The third-order valence-corrected chi connectivity index (χ3v) is 4.91. The summed E-state index contributed by atoms with van der Waals surface area (Å²) in [6.07, 6.45) is 0.561. The molecule has 0 spiro atoms. The lowest BCUT2D eigenvalue weighted by Gasteiger charge is -2.18. The Kier molecular flexibility index (Phi) is 4.53. The first kappa shape index (κ1) is 15.4. The number of nitrogens with one attached hydrogen (secondary N) is 1. The molecule has 1 N–H and O–H groups in total. The summed E-state index contributed by atoms with van der Waals surface area (Å²) in [5.41, 5.74) is 0.357. The largest absolute Gasteiger partial charge is 0.355 e. The molecule has 0 aromatic heterocycles. The van der Waals surface area contributed by atoms with Crippen LogP contribution in [0.25, 0.3) is 0 Å². The van der Waals surface area contributed by atoms with Crippen molar-refractivity contribution in [1.29, 1.82) is 0 Å². The standard InChI is InChI=1S/C12H15N3O5S/c16-12-8-14(7-1-6-13-12)21(19,20)9-10-2-4-11(5-3-10)15(17)18/h2-5H,1,6-9H2,(H,13,16). The van der Waals surface area contributed by atoms with Crippen molar-refractivity contribution in [2.75, 3.05) is 19.6 Å². The number of carbonyl (C=O) groups excluding carboxylic acids is 1. The molecule has 1 aromatic carbocycles. The first-order valence-electron chi connectivity index (χ1n) is 6.36. The summed E-state index contributed by atoms with van der Waals surface area (Å²) in [7, 11) is -3.62. The number of hydrogen-bond donors (Lipinski definition) is 1. The summed E-state index contributed by atoms with van der Waals surface area (Å²) in [6.45, 7) is 0.561. The first-order chi connectivity index (χ1) is 9.88. The SMILES string of the molecule is O=C1CN(S(=O)(=O)Cc2ccc([N+](=O)[O-])cc2)CCCN1. The van der Waals surface area contributed by atoms with Gasteiger partial charge in [-0.3, -0.25) is 14.9 Å². The minimum absolute atomic E-state index is 0.0923. The predicted octanol–water partition coefficient (Wildman–Crippen LogP) is 0.247. The van der Waals surface area contributed by atoms with Crippen molar-refractivity contribution in [3.05, 3.63) is 39.9 Å². The third kappa shape index (κ3) is 3.99. The molecule has 8 nitrogen and oxygen atoms in total. The number of sulfonamides is 1. The van der Waals surface area contributed by atoms with Gasteiger partial charge in [0.2, 0.25) is 15.9 Å². The molecule has 0 unspecified atom stereocenters. The molecule has 1 aromatic rings. The van der Waals surface area contributed by atoms with Crippen molar-refractivity contribution in [3.8, 4) is 0 Å². The molecule has 0 radical (unpaired) electrons. The number of nitro groups is 1. The van der Waals surface area contributed by atoms with Gasteiger partial charge in [0.1, 0.15) is 0 Å². The van der Waals surface area contributed by atoms with Gasteiger partial charge in [-0.1, -0.05) is 12.1 Å². The number of non-ortho nitro benzene ring substituents is 1. The molecule has 0 bridgehead atoms. The van der Waals surface area contributed by atoms with Gasteiger partial charge in [-0.15, -0.1) is 0 Å². The number of rotatable bonds is 4. The highest BCUT2D eigenvalue weighted by atomic mass is 32.2. The summed E-state index contributed by atoms with van der Waals surface area (Å²) in [4.78, 5) is 21.4. The number of hydrogen-bond acceptors (Lipinski definition) is 5. The Labute approximate surface area is 122 Å². The predicted molar refractivity (Wildman–Crippen MR) is 74.9 cm³/mol. The molecule has 0 saturated carbocycles. The van der Waals surface area contributed by atoms with E-state index in [0.717, 1.165) is 4.31 Å². The molecule has 1 saturated heterocycles. The van der Waals surface area contributed by atoms with Crippen molar-refractivity contribution in [2.45, 2.75) is 12.2 Å². The summed E-state index contributed by atoms with van der Waals surface area (Å²) in [5, 5.41) is 13.2. The highest BCUT2D eigenvalue weighted by Crippen LogP contribution is 2.16. The zero-order valence-corrected chi connectivity index (χ0v) is 12.0. The van der Waals surface area contributed by atoms with Crippen LogP contribution in [0.1, 0.15) is 12.0 Å². The molecule has 2 rings (SSSR count). The first-order valence-corrected chi connectivity index (χ1v) is 7.97. The number of amides is 1. The Bertz CT molecular complexity index is 641. The molecular weight excluding hydrogens is 298 g/mol. The average molecular weight is 313 g/mol. The van der Waals surface area contributed by atoms with Crippen molar-refractivity contribution in [2.24, 2.45) is 0 Å². The summed E-state index contributed by atoms with van der Waals surface area (Å²) in [5.74, 6) is -0.599. The van der Waals surface area contributed by atoms with E-state index in [4.69, 9.17) is 0 Å². The maximum Gasteiger partial charge on any atom is 0.269 e. The van der Waals surface area contributed by atoms with Gasteiger partial charge in [-0.05, 0) is 12.0 Å². The minimum atomic E-state index is -3.62. The molecule has 0 aliphatic carbocycles. The van der Waals surface area contributed by atoms with Gasteiger partial charge in [0.15, 0.2) is 0 Å². The van der Waals surface area contributed by atoms with E-state index >= 15 is 0 Å². The molecule has 1 aliphatic rings. The Hall–Kier alpha value is -2.00. The minimum Gasteiger partial charge on any atom is -0.355 e. The van der Waals surface area contributed by atoms with Gasteiger partial charge in [0.25, 0.3) is 5.69 Å². The van der Waals surface area contributed by atoms with Gasteiger partial charge in [-0.25, -0.2) is 8.42 Å². The topological polar surface area (TPSA) is 110 Å². The molecule has 1 aliphatic heterocycles. The number of benzene rings is 1. The summed E-state index contributed by atoms with van der Waals surface area (Å²) in [6, 6.07) is 5.35. The molecule has 1 fully saturated rings. The van der Waals surface area contributed by atoms with Crippen LogP contribution in [0.15, 0.2) is 24.3 Å². The second kappa shape index (κ2) is 6.19. The Balaban J connectivity index is 2.12. The van der Waals surface area contributed by atoms with Gasteiger partial charge >= 0.3 is 0 Å². The van der Waals surface area contributed by atoms with Crippen LogP contribution in [0.5, 0.6) is 0 Å². The molecule has 0 atom stereocenters. The van der Waals surface area contributed by atoms with E-state index in [1.54, 1.807) is 0 Å². The van der Waals surface area contributed by atoms with Gasteiger partial charge in [0, 0.05) is 25.2 Å². The molecule has 21 heavy (non-hydrogen) atoms. The van der Waals surface area contributed by atoms with Crippen LogP contribution in [0, 0.1) is 10.1 Å². The number of carbonyl (C=O) groups is 1. The van der Waals surface area contributed by atoms with Gasteiger partial charge < -0.3 is 5.32 Å². The van der Waals surface area contributed by atoms with Crippen LogP contribution >= 0.6 is 0 Å². The molecule has 114 valence electrons. The van der Waals surface area contributed by atoms with E-state index in [1.807, 2.05) is 0 Å². The van der Waals surface area contributed by atoms with Crippen molar-refractivity contribution in [1.82, 2.24) is 9.62 Å². The third-order valence-electron chi connectivity index (χ3n) is 3.12. The van der Waals surface area contributed by atoms with Gasteiger partial charge in [0.05, 0.1) is 17.2 Å². The van der Waals surface area contributed by atoms with Crippen LogP contribution in [0.4, 0.5) is 5.69 Å². The zero-order chi connectivity index (χ0) is 15.5. The normalized spacial score (nSPS) is 17.0. The van der Waals surface area contributed by atoms with E-state index < -0.39 is 14.9 Å². The smallest absolute Gasteiger partial charge is 0.269 e. The lowest BCUT2D eigenvalue weighted by Crippen LogP contribution is -2.38. The molecule has 9 heteroatoms. The maximum absolute atomic E-state index is 12.3. The van der Waals surface area contributed by atoms with E-state index in [-0.39, 0.29) is 30.4 Å². The van der Waals surface area contributed by atoms with E-state index in [2.05, 4.69) is 5.32 Å². The lowest BCUT2D eigenvalue weighted by atomic mass is 10.2. The van der Waals surface area contributed by atoms with Crippen LogP contribution in [0.3, 0.4) is 0 Å². The van der Waals surface area contributed by atoms with Crippen LogP contribution in [0.2, 0.25) is 0 Å². The summed E-state index contributed by atoms with van der Waals surface area (Å²) >= 11 is 0. The average Bonchev–Trinajstić information content (AvgIpc) is 2.64. The second-order valence-electron chi connectivity index (χ2n) is 4.72. The summed E-state index contributed by atoms with van der Waals surface area (Å²) < 4.78 is 25.7. The second-order valence-corrected chi connectivity index (χ2v) is 6.69. The fourth-order valence-corrected chi connectivity index (χ4v) is 3.55. The Morgan fingerprint density at radius 3 is 2.57 bits per heavy atom. The van der Waals surface area contributed by atoms with Crippen LogP contribution in [-0.4, -0.2) is 43.2 Å². The zero-order valence-electron chi connectivity index (χ0n) is 11.2. The van der Waals surface area contributed by atoms with Crippen LogP contribution in [-0.2, 0) is 20.6 Å². The van der Waals surface area contributed by atoms with Gasteiger partial charge in [-0.2, -0.15) is 4.31 Å². The van der Waals surface area contributed by atoms with Crippen molar-refractivity contribution in [3.63, 3.8) is 0 Å². The van der Waals surface area contributed by atoms with E-state index in [1.165, 1.54) is 24.3 Å². The fourth-order valence-electron chi connectivity index (χ4n) is 2.03. The Morgan fingerprint density at radius 2 is 1.95 bits per heavy atom. The molecule has 1 heterocycles. The number of nitro benzene ring substituents is 1.